The Kier molecular flexibility index (Phi) is 5.76. The van der Waals surface area contributed by atoms with Crippen molar-refractivity contribution >= 4 is 22.7 Å². The molecule has 0 fully saturated rings. The quantitative estimate of drug-likeness (QED) is 0.320. The van der Waals surface area contributed by atoms with E-state index in [-0.39, 0.29) is 12.4 Å². The van der Waals surface area contributed by atoms with Gasteiger partial charge in [-0.15, -0.1) is 0 Å². The third-order valence-electron chi connectivity index (χ3n) is 5.08. The predicted molar refractivity (Wildman–Crippen MR) is 120 cm³/mol. The summed E-state index contributed by atoms with van der Waals surface area (Å²) in [4.78, 5) is 30.1. The van der Waals surface area contributed by atoms with Gasteiger partial charge in [-0.1, -0.05) is 48.5 Å². The number of Topliss-reactive ketones (excluding diaryl/α,β-unsaturated/α-hetero) is 1. The molecule has 5 heteroatoms. The van der Waals surface area contributed by atoms with Crippen LogP contribution < -0.4 is 4.74 Å². The molecule has 0 unspecified atom stereocenters. The van der Waals surface area contributed by atoms with Crippen LogP contribution in [0, 0.1) is 6.92 Å². The Balaban J connectivity index is 1.69. The number of carbonyl (C=O) groups excluding carboxylic acids is 2. The van der Waals surface area contributed by atoms with E-state index in [1.165, 1.54) is 0 Å². The molecule has 0 amide bonds. The predicted octanol–water partition coefficient (Wildman–Crippen LogP) is 5.26. The molecule has 0 N–H and O–H groups in total. The Bertz CT molecular complexity index is 1250. The highest BCUT2D eigenvalue weighted by molar-refractivity contribution is 6.06. The molecule has 0 radical (unpaired) electrons. The highest BCUT2D eigenvalue weighted by Gasteiger charge is 2.18. The second-order valence-electron chi connectivity index (χ2n) is 7.12. The van der Waals surface area contributed by atoms with Crippen molar-refractivity contribution in [3.63, 3.8) is 0 Å². The van der Waals surface area contributed by atoms with Crippen LogP contribution in [0.25, 0.3) is 22.2 Å². The number of para-hydroxylation sites is 1. The summed E-state index contributed by atoms with van der Waals surface area (Å²) in [5, 5.41) is 0.689. The van der Waals surface area contributed by atoms with Crippen LogP contribution in [-0.2, 0) is 4.74 Å². The van der Waals surface area contributed by atoms with Crippen molar-refractivity contribution in [1.29, 1.82) is 0 Å². The zero-order valence-corrected chi connectivity index (χ0v) is 17.3. The minimum atomic E-state index is -0.558. The minimum Gasteiger partial charge on any atom is -0.497 e. The number of pyridine rings is 1. The Morgan fingerprint density at radius 3 is 2.35 bits per heavy atom. The van der Waals surface area contributed by atoms with Gasteiger partial charge in [0, 0.05) is 16.5 Å². The zero-order chi connectivity index (χ0) is 21.8. The summed E-state index contributed by atoms with van der Waals surface area (Å²) in [6.45, 7) is 1.62. The topological polar surface area (TPSA) is 65.5 Å². The molecular weight excluding hydrogens is 390 g/mol. The first-order valence-corrected chi connectivity index (χ1v) is 9.87. The fraction of sp³-hybridized carbons (Fsp3) is 0.115. The number of ether oxygens (including phenoxy) is 2. The van der Waals surface area contributed by atoms with Crippen molar-refractivity contribution in [2.75, 3.05) is 13.7 Å². The molecule has 1 aromatic heterocycles. The maximum Gasteiger partial charge on any atom is 0.339 e. The normalized spacial score (nSPS) is 10.6. The summed E-state index contributed by atoms with van der Waals surface area (Å²) in [7, 11) is 1.61. The van der Waals surface area contributed by atoms with E-state index < -0.39 is 5.97 Å². The average Bonchev–Trinajstić information content (AvgIpc) is 2.82. The Morgan fingerprint density at radius 1 is 0.903 bits per heavy atom. The molecule has 0 saturated carbocycles. The number of fused-ring (bicyclic) bond motifs is 1. The van der Waals surface area contributed by atoms with Crippen molar-refractivity contribution in [3.05, 3.63) is 95.6 Å². The first-order valence-electron chi connectivity index (χ1n) is 9.87. The molecule has 0 aliphatic carbocycles. The number of carbonyl (C=O) groups is 2. The van der Waals surface area contributed by atoms with E-state index >= 15 is 0 Å². The van der Waals surface area contributed by atoms with Crippen molar-refractivity contribution in [3.8, 4) is 17.0 Å². The largest absolute Gasteiger partial charge is 0.497 e. The highest BCUT2D eigenvalue weighted by Crippen LogP contribution is 2.28. The van der Waals surface area contributed by atoms with Gasteiger partial charge in [-0.2, -0.15) is 0 Å². The molecule has 3 aromatic carbocycles. The van der Waals surface area contributed by atoms with Crippen molar-refractivity contribution in [1.82, 2.24) is 4.98 Å². The number of methoxy groups -OCH3 is 1. The smallest absolute Gasteiger partial charge is 0.339 e. The number of rotatable bonds is 6. The number of nitrogens with zero attached hydrogens (tertiary/aromatic N) is 1. The molecule has 0 atom stereocenters. The van der Waals surface area contributed by atoms with Gasteiger partial charge >= 0.3 is 5.97 Å². The fourth-order valence-electron chi connectivity index (χ4n) is 3.39. The molecule has 1 heterocycles. The number of esters is 1. The van der Waals surface area contributed by atoms with Gasteiger partial charge in [0.15, 0.2) is 12.4 Å². The molecule has 0 saturated heterocycles. The maximum absolute atomic E-state index is 13.0. The lowest BCUT2D eigenvalue weighted by molar-refractivity contribution is 0.0476. The van der Waals surface area contributed by atoms with E-state index in [2.05, 4.69) is 0 Å². The van der Waals surface area contributed by atoms with Gasteiger partial charge in [0.25, 0.3) is 0 Å². The third-order valence-corrected chi connectivity index (χ3v) is 5.08. The zero-order valence-electron chi connectivity index (χ0n) is 17.3. The van der Waals surface area contributed by atoms with E-state index in [1.54, 1.807) is 37.4 Å². The average molecular weight is 411 g/mol. The maximum atomic E-state index is 13.0. The molecule has 154 valence electrons. The fourth-order valence-corrected chi connectivity index (χ4v) is 3.39. The van der Waals surface area contributed by atoms with Crippen LogP contribution in [0.1, 0.15) is 26.3 Å². The number of hydrogen-bond acceptors (Lipinski definition) is 5. The van der Waals surface area contributed by atoms with Crippen LogP contribution >= 0.6 is 0 Å². The first kappa shape index (κ1) is 20.3. The van der Waals surface area contributed by atoms with E-state index in [0.29, 0.717) is 22.2 Å². The van der Waals surface area contributed by atoms with Crippen LogP contribution in [0.2, 0.25) is 0 Å². The van der Waals surface area contributed by atoms with E-state index in [9.17, 15) is 9.59 Å². The van der Waals surface area contributed by atoms with Gasteiger partial charge in [-0.05, 0) is 42.8 Å². The Labute approximate surface area is 180 Å². The lowest BCUT2D eigenvalue weighted by Crippen LogP contribution is -2.15. The number of aromatic nitrogens is 1. The molecule has 4 aromatic rings. The number of ketones is 1. The summed E-state index contributed by atoms with van der Waals surface area (Å²) in [5.74, 6) is -0.0734. The van der Waals surface area contributed by atoms with Crippen molar-refractivity contribution < 1.29 is 19.1 Å². The van der Waals surface area contributed by atoms with Crippen molar-refractivity contribution in [2.24, 2.45) is 0 Å². The highest BCUT2D eigenvalue weighted by atomic mass is 16.5. The van der Waals surface area contributed by atoms with Crippen molar-refractivity contribution in [2.45, 2.75) is 6.92 Å². The van der Waals surface area contributed by atoms with Gasteiger partial charge in [-0.25, -0.2) is 9.78 Å². The summed E-state index contributed by atoms with van der Waals surface area (Å²) in [6.07, 6.45) is 0. The second-order valence-corrected chi connectivity index (χ2v) is 7.12. The van der Waals surface area contributed by atoms with Gasteiger partial charge in [0.2, 0.25) is 0 Å². The molecule has 31 heavy (non-hydrogen) atoms. The van der Waals surface area contributed by atoms with Crippen LogP contribution in [0.15, 0.2) is 78.9 Å². The lowest BCUT2D eigenvalue weighted by Gasteiger charge is -2.12. The molecule has 0 aliphatic rings. The molecule has 4 rings (SSSR count). The monoisotopic (exact) mass is 411 g/mol. The van der Waals surface area contributed by atoms with Gasteiger partial charge < -0.3 is 9.47 Å². The molecule has 0 spiro atoms. The molecule has 0 aliphatic heterocycles. The number of benzene rings is 3. The standard InChI is InChI=1S/C26H21NO4/c1-17-7-6-10-21-22(26(29)31-16-24(28)19-8-4-3-5-9-19)15-23(27-25(17)21)18-11-13-20(30-2)14-12-18/h3-15H,16H2,1-2H3. The molecule has 0 bridgehead atoms. The summed E-state index contributed by atoms with van der Waals surface area (Å²) in [6, 6.07) is 23.6. The van der Waals surface area contributed by atoms with E-state index in [0.717, 1.165) is 22.4 Å². The number of hydrogen-bond donors (Lipinski definition) is 0. The second kappa shape index (κ2) is 8.79. The summed E-state index contributed by atoms with van der Waals surface area (Å²) >= 11 is 0. The minimum absolute atomic E-state index is 0.251. The Morgan fingerprint density at radius 2 is 1.65 bits per heavy atom. The van der Waals surface area contributed by atoms with E-state index in [1.807, 2.05) is 55.5 Å². The number of aryl methyl sites for hydroxylation is 1. The third kappa shape index (κ3) is 4.31. The van der Waals surface area contributed by atoms with Gasteiger partial charge in [-0.3, -0.25) is 4.79 Å². The summed E-state index contributed by atoms with van der Waals surface area (Å²) in [5.41, 5.74) is 4.04. The van der Waals surface area contributed by atoms with Crippen LogP contribution in [0.5, 0.6) is 5.75 Å². The Hall–Kier alpha value is -3.99. The van der Waals surface area contributed by atoms with E-state index in [4.69, 9.17) is 14.5 Å². The lowest BCUT2D eigenvalue weighted by atomic mass is 10.0. The van der Waals surface area contributed by atoms with Crippen LogP contribution in [0.4, 0.5) is 0 Å². The molecular formula is C26H21NO4. The van der Waals surface area contributed by atoms with Crippen LogP contribution in [-0.4, -0.2) is 30.5 Å². The van der Waals surface area contributed by atoms with Gasteiger partial charge in [0.1, 0.15) is 5.75 Å². The summed E-state index contributed by atoms with van der Waals surface area (Å²) < 4.78 is 10.6. The van der Waals surface area contributed by atoms with Gasteiger partial charge in [0.05, 0.1) is 23.9 Å². The molecule has 5 nitrogen and oxygen atoms in total. The SMILES string of the molecule is COc1ccc(-c2cc(C(=O)OCC(=O)c3ccccc3)c3cccc(C)c3n2)cc1. The van der Waals surface area contributed by atoms with Crippen LogP contribution in [0.3, 0.4) is 0 Å². The first-order chi connectivity index (χ1) is 15.1.